The van der Waals surface area contributed by atoms with Gasteiger partial charge in [-0.15, -0.1) is 0 Å². The topological polar surface area (TPSA) is 86.5 Å². The van der Waals surface area contributed by atoms with Crippen LogP contribution in [0.15, 0.2) is 6.20 Å². The lowest BCUT2D eigenvalue weighted by Crippen LogP contribution is -2.44. The van der Waals surface area contributed by atoms with Crippen molar-refractivity contribution in [2.45, 2.75) is 57.6 Å². The van der Waals surface area contributed by atoms with Crippen LogP contribution >= 0.6 is 0 Å². The maximum Gasteiger partial charge on any atom is 0.356 e. The summed E-state index contributed by atoms with van der Waals surface area (Å²) in [5, 5.41) is 19.5. The van der Waals surface area contributed by atoms with E-state index in [0.29, 0.717) is 11.5 Å². The number of carboxylic acid groups (broad SMARTS) is 1. The molecule has 2 N–H and O–H groups in total. The standard InChI is InChI=1S/C15H23N3O3/c1-9(2)14-16-8-11(13(17-14)15(20)21)18(3)10-6-4-5-7-12(10)19/h8-10,12,19H,4-7H2,1-3H3,(H,20,21). The number of aromatic nitrogens is 2. The number of hydrogen-bond donors (Lipinski definition) is 2. The van der Waals surface area contributed by atoms with Crippen molar-refractivity contribution in [1.29, 1.82) is 0 Å². The predicted molar refractivity (Wildman–Crippen MR) is 79.7 cm³/mol. The lowest BCUT2D eigenvalue weighted by atomic mass is 9.91. The van der Waals surface area contributed by atoms with Crippen molar-refractivity contribution in [1.82, 2.24) is 9.97 Å². The van der Waals surface area contributed by atoms with Crippen LogP contribution in [-0.2, 0) is 0 Å². The number of likely N-dealkylation sites (N-methyl/N-ethyl adjacent to an activating group) is 1. The van der Waals surface area contributed by atoms with E-state index in [1.165, 1.54) is 0 Å². The molecule has 0 aliphatic heterocycles. The lowest BCUT2D eigenvalue weighted by Gasteiger charge is -2.36. The highest BCUT2D eigenvalue weighted by atomic mass is 16.4. The van der Waals surface area contributed by atoms with Crippen LogP contribution in [0.5, 0.6) is 0 Å². The first-order valence-electron chi connectivity index (χ1n) is 7.43. The highest BCUT2D eigenvalue weighted by Crippen LogP contribution is 2.28. The van der Waals surface area contributed by atoms with E-state index < -0.39 is 12.1 Å². The van der Waals surface area contributed by atoms with Gasteiger partial charge in [0.2, 0.25) is 0 Å². The number of hydrogen-bond acceptors (Lipinski definition) is 5. The van der Waals surface area contributed by atoms with E-state index in [9.17, 15) is 15.0 Å². The first-order valence-corrected chi connectivity index (χ1v) is 7.43. The van der Waals surface area contributed by atoms with Crippen molar-refractivity contribution >= 4 is 11.7 Å². The largest absolute Gasteiger partial charge is 0.476 e. The van der Waals surface area contributed by atoms with Crippen LogP contribution in [0.4, 0.5) is 5.69 Å². The molecule has 2 rings (SSSR count). The molecule has 1 aromatic rings. The molecule has 2 atom stereocenters. The summed E-state index contributed by atoms with van der Waals surface area (Å²) in [6.07, 6.45) is 4.78. The number of anilines is 1. The van der Waals surface area contributed by atoms with Crippen LogP contribution < -0.4 is 4.90 Å². The summed E-state index contributed by atoms with van der Waals surface area (Å²) >= 11 is 0. The SMILES string of the molecule is CC(C)c1ncc(N(C)C2CCCCC2O)c(C(=O)O)n1. The number of aliphatic hydroxyl groups excluding tert-OH is 1. The first kappa shape index (κ1) is 15.7. The zero-order valence-corrected chi connectivity index (χ0v) is 12.8. The van der Waals surface area contributed by atoms with E-state index in [-0.39, 0.29) is 17.7 Å². The van der Waals surface area contributed by atoms with Crippen molar-refractivity contribution < 1.29 is 15.0 Å². The fraction of sp³-hybridized carbons (Fsp3) is 0.667. The normalized spacial score (nSPS) is 22.3. The average Bonchev–Trinajstić information content (AvgIpc) is 2.46. The molecular weight excluding hydrogens is 270 g/mol. The van der Waals surface area contributed by atoms with Crippen LogP contribution in [0.2, 0.25) is 0 Å². The van der Waals surface area contributed by atoms with Gasteiger partial charge in [0.1, 0.15) is 5.82 Å². The summed E-state index contributed by atoms with van der Waals surface area (Å²) < 4.78 is 0. The zero-order chi connectivity index (χ0) is 15.6. The van der Waals surface area contributed by atoms with Crippen molar-refractivity contribution in [3.05, 3.63) is 17.7 Å². The van der Waals surface area contributed by atoms with Gasteiger partial charge in [-0.25, -0.2) is 14.8 Å². The van der Waals surface area contributed by atoms with Crippen LogP contribution in [-0.4, -0.2) is 45.3 Å². The lowest BCUT2D eigenvalue weighted by molar-refractivity contribution is 0.0688. The van der Waals surface area contributed by atoms with E-state index in [1.807, 2.05) is 18.7 Å². The molecule has 21 heavy (non-hydrogen) atoms. The van der Waals surface area contributed by atoms with Gasteiger partial charge in [-0.05, 0) is 12.8 Å². The smallest absolute Gasteiger partial charge is 0.356 e. The molecule has 0 saturated heterocycles. The Morgan fingerprint density at radius 3 is 2.62 bits per heavy atom. The molecule has 6 nitrogen and oxygen atoms in total. The zero-order valence-electron chi connectivity index (χ0n) is 12.8. The monoisotopic (exact) mass is 293 g/mol. The van der Waals surface area contributed by atoms with Gasteiger partial charge in [0.25, 0.3) is 0 Å². The van der Waals surface area contributed by atoms with E-state index >= 15 is 0 Å². The number of carbonyl (C=O) groups is 1. The molecule has 1 aliphatic rings. The first-order chi connectivity index (χ1) is 9.91. The number of nitrogens with zero attached hydrogens (tertiary/aromatic N) is 3. The molecule has 1 aliphatic carbocycles. The Labute approximate surface area is 124 Å². The molecule has 0 radical (unpaired) electrons. The Morgan fingerprint density at radius 2 is 2.05 bits per heavy atom. The average molecular weight is 293 g/mol. The molecule has 0 bridgehead atoms. The van der Waals surface area contributed by atoms with Crippen molar-refractivity contribution in [2.75, 3.05) is 11.9 Å². The summed E-state index contributed by atoms with van der Waals surface area (Å²) in [5.74, 6) is -0.470. The van der Waals surface area contributed by atoms with Gasteiger partial charge in [-0.3, -0.25) is 0 Å². The number of aliphatic hydroxyl groups is 1. The molecule has 2 unspecified atom stereocenters. The second-order valence-corrected chi connectivity index (χ2v) is 5.95. The minimum Gasteiger partial charge on any atom is -0.476 e. The number of aromatic carboxylic acids is 1. The number of carboxylic acids is 1. The Hall–Kier alpha value is -1.69. The fourth-order valence-corrected chi connectivity index (χ4v) is 2.80. The molecule has 0 amide bonds. The second kappa shape index (κ2) is 6.39. The van der Waals surface area contributed by atoms with Gasteiger partial charge in [0.15, 0.2) is 5.69 Å². The minimum atomic E-state index is -1.06. The molecule has 1 aromatic heterocycles. The summed E-state index contributed by atoms with van der Waals surface area (Å²) in [6.45, 7) is 3.85. The third kappa shape index (κ3) is 3.32. The Morgan fingerprint density at radius 1 is 1.38 bits per heavy atom. The van der Waals surface area contributed by atoms with E-state index in [0.717, 1.165) is 25.7 Å². The summed E-state index contributed by atoms with van der Waals surface area (Å²) in [4.78, 5) is 21.7. The summed E-state index contributed by atoms with van der Waals surface area (Å²) in [6, 6.07) is -0.0784. The second-order valence-electron chi connectivity index (χ2n) is 5.95. The molecule has 1 heterocycles. The van der Waals surface area contributed by atoms with Crippen LogP contribution in [0.25, 0.3) is 0 Å². The van der Waals surface area contributed by atoms with Gasteiger partial charge < -0.3 is 15.1 Å². The van der Waals surface area contributed by atoms with Gasteiger partial charge in [-0.2, -0.15) is 0 Å². The Kier molecular flexibility index (Phi) is 4.77. The summed E-state index contributed by atoms with van der Waals surface area (Å²) in [7, 11) is 1.80. The van der Waals surface area contributed by atoms with Gasteiger partial charge in [0, 0.05) is 13.0 Å². The minimum absolute atomic E-state index is 0.00831. The highest BCUT2D eigenvalue weighted by molar-refractivity contribution is 5.92. The van der Waals surface area contributed by atoms with E-state index in [2.05, 4.69) is 9.97 Å². The van der Waals surface area contributed by atoms with Crippen LogP contribution in [0, 0.1) is 0 Å². The number of rotatable bonds is 4. The maximum atomic E-state index is 11.5. The van der Waals surface area contributed by atoms with E-state index in [1.54, 1.807) is 13.2 Å². The molecule has 1 fully saturated rings. The van der Waals surface area contributed by atoms with Crippen LogP contribution in [0.3, 0.4) is 0 Å². The molecule has 1 saturated carbocycles. The van der Waals surface area contributed by atoms with Gasteiger partial charge >= 0.3 is 5.97 Å². The fourth-order valence-electron chi connectivity index (χ4n) is 2.80. The van der Waals surface area contributed by atoms with Crippen LogP contribution in [0.1, 0.15) is 61.8 Å². The molecule has 0 spiro atoms. The third-order valence-electron chi connectivity index (χ3n) is 4.08. The maximum absolute atomic E-state index is 11.5. The van der Waals surface area contributed by atoms with Gasteiger partial charge in [0.05, 0.1) is 24.0 Å². The van der Waals surface area contributed by atoms with E-state index in [4.69, 9.17) is 0 Å². The molecule has 6 heteroatoms. The third-order valence-corrected chi connectivity index (χ3v) is 4.08. The highest BCUT2D eigenvalue weighted by Gasteiger charge is 2.29. The molecular formula is C15H23N3O3. The van der Waals surface area contributed by atoms with Crippen molar-refractivity contribution in [3.8, 4) is 0 Å². The predicted octanol–water partition coefficient (Wildman–Crippen LogP) is 2.04. The van der Waals surface area contributed by atoms with Crippen molar-refractivity contribution in [3.63, 3.8) is 0 Å². The molecule has 0 aromatic carbocycles. The molecule has 116 valence electrons. The Bertz CT molecular complexity index is 519. The Balaban J connectivity index is 2.35. The van der Waals surface area contributed by atoms with Gasteiger partial charge in [-0.1, -0.05) is 26.7 Å². The quantitative estimate of drug-likeness (QED) is 0.883. The summed E-state index contributed by atoms with van der Waals surface area (Å²) in [5.41, 5.74) is 0.479. The van der Waals surface area contributed by atoms with Crippen molar-refractivity contribution in [2.24, 2.45) is 0 Å².